The molecular weight excluding hydrogens is 286 g/mol. The first kappa shape index (κ1) is 13.9. The van der Waals surface area contributed by atoms with E-state index < -0.39 is 10.0 Å². The summed E-state index contributed by atoms with van der Waals surface area (Å²) in [6.45, 7) is 1.91. The molecule has 2 aromatic rings. The first-order valence-electron chi connectivity index (χ1n) is 6.85. The van der Waals surface area contributed by atoms with E-state index in [-0.39, 0.29) is 4.90 Å². The fraction of sp³-hybridized carbons (Fsp3) is 0.267. The summed E-state index contributed by atoms with van der Waals surface area (Å²) in [5.41, 5.74) is 1.93. The number of hydrogen-bond donors (Lipinski definition) is 2. The van der Waals surface area contributed by atoms with E-state index in [1.807, 2.05) is 13.0 Å². The molecule has 21 heavy (non-hydrogen) atoms. The van der Waals surface area contributed by atoms with Crippen LogP contribution >= 0.6 is 0 Å². The number of pyridine rings is 1. The Morgan fingerprint density at radius 2 is 1.81 bits per heavy atom. The van der Waals surface area contributed by atoms with Crippen LogP contribution in [-0.4, -0.2) is 19.4 Å². The van der Waals surface area contributed by atoms with Crippen molar-refractivity contribution in [2.45, 2.75) is 30.7 Å². The van der Waals surface area contributed by atoms with Gasteiger partial charge in [-0.1, -0.05) is 17.7 Å². The predicted octanol–water partition coefficient (Wildman–Crippen LogP) is 2.77. The van der Waals surface area contributed by atoms with Crippen molar-refractivity contribution in [2.24, 2.45) is 0 Å². The van der Waals surface area contributed by atoms with Gasteiger partial charge in [0.25, 0.3) is 10.0 Å². The zero-order chi connectivity index (χ0) is 14.9. The van der Waals surface area contributed by atoms with Crippen LogP contribution in [-0.2, 0) is 10.0 Å². The van der Waals surface area contributed by atoms with Crippen molar-refractivity contribution in [2.75, 3.05) is 10.0 Å². The highest BCUT2D eigenvalue weighted by atomic mass is 32.2. The summed E-state index contributed by atoms with van der Waals surface area (Å²) in [7, 11) is -3.59. The second-order valence-corrected chi connectivity index (χ2v) is 6.95. The maximum Gasteiger partial charge on any atom is 0.263 e. The maximum atomic E-state index is 12.2. The van der Waals surface area contributed by atoms with Gasteiger partial charge in [0.05, 0.1) is 16.8 Å². The van der Waals surface area contributed by atoms with E-state index in [2.05, 4.69) is 15.0 Å². The monoisotopic (exact) mass is 303 g/mol. The minimum Gasteiger partial charge on any atom is -0.381 e. The quantitative estimate of drug-likeness (QED) is 0.891. The van der Waals surface area contributed by atoms with Crippen molar-refractivity contribution in [1.82, 2.24) is 4.98 Å². The SMILES string of the molecule is Cc1ccc(S(=O)(=O)Nc2ccc(NC3CC3)cn2)cc1. The van der Waals surface area contributed by atoms with Crippen LogP contribution in [0.25, 0.3) is 0 Å². The van der Waals surface area contributed by atoms with Crippen molar-refractivity contribution < 1.29 is 8.42 Å². The number of benzene rings is 1. The minimum absolute atomic E-state index is 0.232. The average Bonchev–Trinajstić information content (AvgIpc) is 3.25. The highest BCUT2D eigenvalue weighted by Crippen LogP contribution is 2.24. The van der Waals surface area contributed by atoms with Crippen LogP contribution in [0.3, 0.4) is 0 Å². The highest BCUT2D eigenvalue weighted by molar-refractivity contribution is 7.92. The third kappa shape index (κ3) is 3.52. The molecule has 3 rings (SSSR count). The van der Waals surface area contributed by atoms with Gasteiger partial charge in [0, 0.05) is 6.04 Å². The highest BCUT2D eigenvalue weighted by Gasteiger charge is 2.21. The number of anilines is 2. The summed E-state index contributed by atoms with van der Waals surface area (Å²) in [6, 6.07) is 10.7. The summed E-state index contributed by atoms with van der Waals surface area (Å²) in [4.78, 5) is 4.37. The Hall–Kier alpha value is -2.08. The molecule has 0 amide bonds. The molecule has 0 radical (unpaired) electrons. The van der Waals surface area contributed by atoms with Gasteiger partial charge in [-0.2, -0.15) is 0 Å². The van der Waals surface area contributed by atoms with Gasteiger partial charge in [-0.15, -0.1) is 0 Å². The van der Waals surface area contributed by atoms with Crippen LogP contribution in [0, 0.1) is 6.92 Å². The van der Waals surface area contributed by atoms with E-state index in [1.54, 1.807) is 36.5 Å². The van der Waals surface area contributed by atoms with Crippen LogP contribution < -0.4 is 10.0 Å². The number of rotatable bonds is 5. The van der Waals surface area contributed by atoms with E-state index in [0.29, 0.717) is 11.9 Å². The van der Waals surface area contributed by atoms with Crippen LogP contribution in [0.4, 0.5) is 11.5 Å². The van der Waals surface area contributed by atoms with Gasteiger partial charge in [-0.25, -0.2) is 13.4 Å². The molecule has 0 atom stereocenters. The summed E-state index contributed by atoms with van der Waals surface area (Å²) in [6.07, 6.45) is 4.01. The van der Waals surface area contributed by atoms with Gasteiger partial charge in [-0.3, -0.25) is 4.72 Å². The number of hydrogen-bond acceptors (Lipinski definition) is 4. The second kappa shape index (κ2) is 5.37. The molecule has 1 heterocycles. The Labute approximate surface area is 124 Å². The smallest absolute Gasteiger partial charge is 0.263 e. The third-order valence-corrected chi connectivity index (χ3v) is 4.65. The molecule has 1 aromatic carbocycles. The van der Waals surface area contributed by atoms with Crippen LogP contribution in [0.2, 0.25) is 0 Å². The van der Waals surface area contributed by atoms with Gasteiger partial charge >= 0.3 is 0 Å². The minimum atomic E-state index is -3.59. The number of sulfonamides is 1. The van der Waals surface area contributed by atoms with Crippen molar-refractivity contribution in [1.29, 1.82) is 0 Å². The first-order chi connectivity index (χ1) is 10.0. The fourth-order valence-corrected chi connectivity index (χ4v) is 2.93. The third-order valence-electron chi connectivity index (χ3n) is 3.28. The fourth-order valence-electron chi connectivity index (χ4n) is 1.92. The lowest BCUT2D eigenvalue weighted by atomic mass is 10.2. The van der Waals surface area contributed by atoms with Crippen LogP contribution in [0.15, 0.2) is 47.5 Å². The van der Waals surface area contributed by atoms with E-state index >= 15 is 0 Å². The topological polar surface area (TPSA) is 71.1 Å². The molecule has 0 saturated heterocycles. The van der Waals surface area contributed by atoms with Gasteiger partial charge in [0.2, 0.25) is 0 Å². The van der Waals surface area contributed by atoms with E-state index in [4.69, 9.17) is 0 Å². The summed E-state index contributed by atoms with van der Waals surface area (Å²) in [5.74, 6) is 0.317. The molecule has 1 saturated carbocycles. The Morgan fingerprint density at radius 3 is 2.38 bits per heavy atom. The van der Waals surface area contributed by atoms with E-state index in [9.17, 15) is 8.42 Å². The number of nitrogens with zero attached hydrogens (tertiary/aromatic N) is 1. The second-order valence-electron chi connectivity index (χ2n) is 5.27. The largest absolute Gasteiger partial charge is 0.381 e. The molecule has 0 spiro atoms. The standard InChI is InChI=1S/C15H17N3O2S/c1-11-2-7-14(8-3-11)21(19,20)18-15-9-6-13(10-16-15)17-12-4-5-12/h2-3,6-10,12,17H,4-5H2,1H3,(H,16,18). The molecule has 0 unspecified atom stereocenters. The van der Waals surface area contributed by atoms with Crippen molar-refractivity contribution in [3.05, 3.63) is 48.2 Å². The number of nitrogens with one attached hydrogen (secondary N) is 2. The van der Waals surface area contributed by atoms with Crippen molar-refractivity contribution in [3.8, 4) is 0 Å². The lowest BCUT2D eigenvalue weighted by Crippen LogP contribution is -2.14. The summed E-state index contributed by atoms with van der Waals surface area (Å²) < 4.78 is 26.9. The first-order valence-corrected chi connectivity index (χ1v) is 8.33. The Kier molecular flexibility index (Phi) is 3.55. The van der Waals surface area contributed by atoms with Crippen LogP contribution in [0.5, 0.6) is 0 Å². The molecule has 6 heteroatoms. The Morgan fingerprint density at radius 1 is 1.10 bits per heavy atom. The average molecular weight is 303 g/mol. The van der Waals surface area contributed by atoms with Crippen molar-refractivity contribution in [3.63, 3.8) is 0 Å². The van der Waals surface area contributed by atoms with Gasteiger partial charge < -0.3 is 5.32 Å². The normalized spacial score (nSPS) is 14.7. The maximum absolute atomic E-state index is 12.2. The molecule has 5 nitrogen and oxygen atoms in total. The molecule has 110 valence electrons. The van der Waals surface area contributed by atoms with Crippen molar-refractivity contribution >= 4 is 21.5 Å². The van der Waals surface area contributed by atoms with E-state index in [1.165, 1.54) is 12.8 Å². The van der Waals surface area contributed by atoms with Gasteiger partial charge in [0.15, 0.2) is 0 Å². The Balaban J connectivity index is 1.73. The zero-order valence-electron chi connectivity index (χ0n) is 11.7. The molecule has 2 N–H and O–H groups in total. The molecule has 1 aliphatic rings. The molecular formula is C15H17N3O2S. The summed E-state index contributed by atoms with van der Waals surface area (Å²) >= 11 is 0. The van der Waals surface area contributed by atoms with Crippen LogP contribution in [0.1, 0.15) is 18.4 Å². The molecule has 0 aliphatic heterocycles. The molecule has 1 aromatic heterocycles. The van der Waals surface area contributed by atoms with Gasteiger partial charge in [-0.05, 0) is 44.0 Å². The Bertz CT molecular complexity index is 721. The molecule has 1 fully saturated rings. The zero-order valence-corrected chi connectivity index (χ0v) is 12.5. The molecule has 1 aliphatic carbocycles. The van der Waals surface area contributed by atoms with E-state index in [0.717, 1.165) is 11.3 Å². The lowest BCUT2D eigenvalue weighted by Gasteiger charge is -2.09. The predicted molar refractivity (Wildman–Crippen MR) is 82.9 cm³/mol. The number of aryl methyl sites for hydroxylation is 1. The van der Waals surface area contributed by atoms with Gasteiger partial charge in [0.1, 0.15) is 5.82 Å². The summed E-state index contributed by atoms with van der Waals surface area (Å²) in [5, 5.41) is 3.30. The lowest BCUT2D eigenvalue weighted by molar-refractivity contribution is 0.601. The number of aromatic nitrogens is 1. The molecule has 0 bridgehead atoms.